The van der Waals surface area contributed by atoms with E-state index >= 15 is 0 Å². The first kappa shape index (κ1) is 19.3. The van der Waals surface area contributed by atoms with Crippen LogP contribution in [0.2, 0.25) is 0 Å². The smallest absolute Gasteiger partial charge is 0.196 e. The van der Waals surface area contributed by atoms with Crippen molar-refractivity contribution in [2.75, 3.05) is 12.9 Å². The van der Waals surface area contributed by atoms with E-state index < -0.39 is 0 Å². The first-order valence-electron chi connectivity index (χ1n) is 9.52. The molecule has 0 amide bonds. The Morgan fingerprint density at radius 1 is 1.03 bits per heavy atom. The molecule has 1 N–H and O–H groups in total. The molecule has 0 unspecified atom stereocenters. The Bertz CT molecular complexity index is 1040. The van der Waals surface area contributed by atoms with Gasteiger partial charge in [-0.05, 0) is 61.7 Å². The highest BCUT2D eigenvalue weighted by Crippen LogP contribution is 2.29. The summed E-state index contributed by atoms with van der Waals surface area (Å²) in [5.74, 6) is 2.61. The fourth-order valence-electron chi connectivity index (χ4n) is 3.07. The van der Waals surface area contributed by atoms with Gasteiger partial charge in [-0.1, -0.05) is 29.5 Å². The van der Waals surface area contributed by atoms with Crippen molar-refractivity contribution in [2.45, 2.75) is 24.9 Å². The summed E-state index contributed by atoms with van der Waals surface area (Å²) < 4.78 is 7.41. The summed E-state index contributed by atoms with van der Waals surface area (Å²) >= 11 is 1.73. The monoisotopic (exact) mass is 405 g/mol. The van der Waals surface area contributed by atoms with E-state index in [0.29, 0.717) is 0 Å². The van der Waals surface area contributed by atoms with Gasteiger partial charge in [-0.25, -0.2) is 0 Å². The first-order chi connectivity index (χ1) is 14.2. The Hall–Kier alpha value is -3.06. The SMILES string of the molecule is COc1ccc(-c2nnc(SCCCc3cn[nH]c3)n2-c2ccc(C)cc2)cc1. The summed E-state index contributed by atoms with van der Waals surface area (Å²) in [6.07, 6.45) is 5.86. The minimum Gasteiger partial charge on any atom is -0.497 e. The highest BCUT2D eigenvalue weighted by atomic mass is 32.2. The van der Waals surface area contributed by atoms with Gasteiger partial charge in [0.15, 0.2) is 11.0 Å². The largest absolute Gasteiger partial charge is 0.497 e. The lowest BCUT2D eigenvalue weighted by Crippen LogP contribution is -2.00. The molecule has 0 atom stereocenters. The number of aromatic nitrogens is 5. The van der Waals surface area contributed by atoms with E-state index in [4.69, 9.17) is 4.74 Å². The highest BCUT2D eigenvalue weighted by molar-refractivity contribution is 7.99. The van der Waals surface area contributed by atoms with E-state index in [0.717, 1.165) is 46.6 Å². The zero-order chi connectivity index (χ0) is 20.1. The van der Waals surface area contributed by atoms with Gasteiger partial charge >= 0.3 is 0 Å². The molecule has 7 heteroatoms. The molecule has 0 aliphatic carbocycles. The van der Waals surface area contributed by atoms with Crippen LogP contribution in [0.5, 0.6) is 5.75 Å². The zero-order valence-electron chi connectivity index (χ0n) is 16.5. The molecular formula is C22H23N5OS. The number of aromatic amines is 1. The van der Waals surface area contributed by atoms with Gasteiger partial charge in [0.25, 0.3) is 0 Å². The lowest BCUT2D eigenvalue weighted by atomic mass is 10.2. The minimum absolute atomic E-state index is 0.823. The maximum atomic E-state index is 5.28. The van der Waals surface area contributed by atoms with Crippen molar-refractivity contribution < 1.29 is 4.74 Å². The van der Waals surface area contributed by atoms with Crippen molar-refractivity contribution in [3.63, 3.8) is 0 Å². The molecule has 0 spiro atoms. The second-order valence-electron chi connectivity index (χ2n) is 6.76. The van der Waals surface area contributed by atoms with E-state index in [-0.39, 0.29) is 0 Å². The minimum atomic E-state index is 0.823. The molecule has 0 saturated carbocycles. The van der Waals surface area contributed by atoms with Crippen LogP contribution >= 0.6 is 11.8 Å². The summed E-state index contributed by atoms with van der Waals surface area (Å²) in [6, 6.07) is 16.4. The third kappa shape index (κ3) is 4.51. The van der Waals surface area contributed by atoms with Gasteiger partial charge in [0.2, 0.25) is 0 Å². The van der Waals surface area contributed by atoms with Crippen molar-refractivity contribution >= 4 is 11.8 Å². The van der Waals surface area contributed by atoms with Crippen LogP contribution in [0.4, 0.5) is 0 Å². The van der Waals surface area contributed by atoms with E-state index in [1.54, 1.807) is 18.9 Å². The van der Waals surface area contributed by atoms with Gasteiger partial charge in [-0.15, -0.1) is 10.2 Å². The van der Waals surface area contributed by atoms with Crippen molar-refractivity contribution in [1.29, 1.82) is 0 Å². The Labute approximate surface area is 174 Å². The van der Waals surface area contributed by atoms with E-state index in [2.05, 4.69) is 56.2 Å². The summed E-state index contributed by atoms with van der Waals surface area (Å²) in [4.78, 5) is 0. The maximum absolute atomic E-state index is 5.28. The van der Waals surface area contributed by atoms with E-state index in [1.807, 2.05) is 36.7 Å². The average Bonchev–Trinajstić information content (AvgIpc) is 3.42. The molecule has 2 aromatic carbocycles. The van der Waals surface area contributed by atoms with Gasteiger partial charge in [-0.3, -0.25) is 9.67 Å². The van der Waals surface area contributed by atoms with Crippen LogP contribution in [-0.2, 0) is 6.42 Å². The third-order valence-corrected chi connectivity index (χ3v) is 5.68. The lowest BCUT2D eigenvalue weighted by molar-refractivity contribution is 0.415. The van der Waals surface area contributed by atoms with E-state index in [1.165, 1.54) is 11.1 Å². The average molecular weight is 406 g/mol. The number of hydrogen-bond acceptors (Lipinski definition) is 5. The number of nitrogens with one attached hydrogen (secondary N) is 1. The predicted molar refractivity (Wildman–Crippen MR) is 116 cm³/mol. The third-order valence-electron chi connectivity index (χ3n) is 4.67. The van der Waals surface area contributed by atoms with Gasteiger partial charge in [0, 0.05) is 23.2 Å². The van der Waals surface area contributed by atoms with Crippen LogP contribution in [0.1, 0.15) is 17.5 Å². The molecule has 0 bridgehead atoms. The molecule has 0 radical (unpaired) electrons. The van der Waals surface area contributed by atoms with Crippen molar-refractivity contribution in [3.05, 3.63) is 72.1 Å². The topological polar surface area (TPSA) is 68.6 Å². The Morgan fingerprint density at radius 2 is 1.83 bits per heavy atom. The second-order valence-corrected chi connectivity index (χ2v) is 7.83. The summed E-state index contributed by atoms with van der Waals surface area (Å²) in [5, 5.41) is 16.8. The Balaban J connectivity index is 1.60. The van der Waals surface area contributed by atoms with Gasteiger partial charge < -0.3 is 4.74 Å². The molecule has 148 valence electrons. The molecule has 4 rings (SSSR count). The maximum Gasteiger partial charge on any atom is 0.196 e. The molecule has 0 fully saturated rings. The Morgan fingerprint density at radius 3 is 2.52 bits per heavy atom. The van der Waals surface area contributed by atoms with Crippen LogP contribution in [0, 0.1) is 6.92 Å². The molecule has 29 heavy (non-hydrogen) atoms. The molecule has 0 aliphatic heterocycles. The van der Waals surface area contributed by atoms with Crippen LogP contribution in [0.3, 0.4) is 0 Å². The number of thioether (sulfide) groups is 1. The van der Waals surface area contributed by atoms with Crippen LogP contribution in [-0.4, -0.2) is 37.8 Å². The number of ether oxygens (including phenoxy) is 1. The van der Waals surface area contributed by atoms with Crippen molar-refractivity contribution in [2.24, 2.45) is 0 Å². The standard InChI is InChI=1S/C22H23N5OS/c1-16-5-9-19(10-6-16)27-21(18-7-11-20(28-2)12-8-18)25-26-22(27)29-13-3-4-17-14-23-24-15-17/h5-12,14-15H,3-4,13H2,1-2H3,(H,23,24). The molecule has 0 saturated heterocycles. The number of aryl methyl sites for hydroxylation is 2. The van der Waals surface area contributed by atoms with Crippen LogP contribution in [0.25, 0.3) is 17.1 Å². The van der Waals surface area contributed by atoms with Crippen molar-refractivity contribution in [3.8, 4) is 22.8 Å². The van der Waals surface area contributed by atoms with Crippen LogP contribution in [0.15, 0.2) is 66.1 Å². The van der Waals surface area contributed by atoms with Crippen LogP contribution < -0.4 is 4.74 Å². The number of rotatable bonds is 8. The zero-order valence-corrected chi connectivity index (χ0v) is 17.3. The summed E-state index contributed by atoms with van der Waals surface area (Å²) in [6.45, 7) is 2.09. The summed E-state index contributed by atoms with van der Waals surface area (Å²) in [7, 11) is 1.67. The second kappa shape index (κ2) is 8.96. The number of hydrogen-bond donors (Lipinski definition) is 1. The number of benzene rings is 2. The molecular weight excluding hydrogens is 382 g/mol. The lowest BCUT2D eigenvalue weighted by Gasteiger charge is -2.11. The Kier molecular flexibility index (Phi) is 5.95. The van der Waals surface area contributed by atoms with Crippen molar-refractivity contribution in [1.82, 2.24) is 25.0 Å². The number of nitrogens with zero attached hydrogens (tertiary/aromatic N) is 4. The first-order valence-corrected chi connectivity index (χ1v) is 10.5. The fourth-order valence-corrected chi connectivity index (χ4v) is 3.96. The normalized spacial score (nSPS) is 11.0. The fraction of sp³-hybridized carbons (Fsp3) is 0.227. The van der Waals surface area contributed by atoms with Gasteiger partial charge in [-0.2, -0.15) is 5.10 Å². The quantitative estimate of drug-likeness (QED) is 0.340. The highest BCUT2D eigenvalue weighted by Gasteiger charge is 2.16. The number of H-pyrrole nitrogens is 1. The summed E-state index contributed by atoms with van der Waals surface area (Å²) in [5.41, 5.74) is 4.51. The van der Waals surface area contributed by atoms with E-state index in [9.17, 15) is 0 Å². The molecule has 2 heterocycles. The molecule has 6 nitrogen and oxygen atoms in total. The molecule has 0 aliphatic rings. The predicted octanol–water partition coefficient (Wildman–Crippen LogP) is 4.70. The number of methoxy groups -OCH3 is 1. The molecule has 2 aromatic heterocycles. The van der Waals surface area contributed by atoms with Gasteiger partial charge in [0.1, 0.15) is 5.75 Å². The molecule has 4 aromatic rings. The van der Waals surface area contributed by atoms with Gasteiger partial charge in [0.05, 0.1) is 13.3 Å².